The Morgan fingerprint density at radius 1 is 1.17 bits per heavy atom. The predicted molar refractivity (Wildman–Crippen MR) is 89.8 cm³/mol. The molecule has 3 aromatic rings. The van der Waals surface area contributed by atoms with Gasteiger partial charge in [0.25, 0.3) is 0 Å². The van der Waals surface area contributed by atoms with Gasteiger partial charge in [0, 0.05) is 13.5 Å². The number of rotatable bonds is 5. The van der Waals surface area contributed by atoms with Crippen molar-refractivity contribution >= 4 is 21.4 Å². The van der Waals surface area contributed by atoms with E-state index in [-0.39, 0.29) is 10.8 Å². The Morgan fingerprint density at radius 3 is 2.65 bits per heavy atom. The molecule has 2 heterocycles. The van der Waals surface area contributed by atoms with Crippen molar-refractivity contribution in [1.29, 1.82) is 0 Å². The maximum Gasteiger partial charge on any atom is 0.250 e. The van der Waals surface area contributed by atoms with Crippen LogP contribution in [0.25, 0.3) is 10.6 Å². The van der Waals surface area contributed by atoms with Gasteiger partial charge in [-0.25, -0.2) is 18.1 Å². The molecule has 0 saturated carbocycles. The highest BCUT2D eigenvalue weighted by Gasteiger charge is 2.18. The number of sulfonamides is 1. The fraction of sp³-hybridized carbons (Fsp3) is 0.188. The van der Waals surface area contributed by atoms with Gasteiger partial charge < -0.3 is 4.42 Å². The van der Waals surface area contributed by atoms with Gasteiger partial charge in [-0.05, 0) is 30.2 Å². The fourth-order valence-electron chi connectivity index (χ4n) is 2.12. The van der Waals surface area contributed by atoms with Crippen LogP contribution in [0.15, 0.2) is 51.2 Å². The quantitative estimate of drug-likeness (QED) is 0.766. The number of nitrogens with one attached hydrogen (secondary N) is 1. The minimum Gasteiger partial charge on any atom is -0.440 e. The second-order valence-corrected chi connectivity index (χ2v) is 8.19. The van der Waals surface area contributed by atoms with Crippen molar-refractivity contribution in [2.24, 2.45) is 0 Å². The number of aromatic nitrogens is 1. The molecule has 2 aromatic heterocycles. The second kappa shape index (κ2) is 6.27. The van der Waals surface area contributed by atoms with Gasteiger partial charge in [-0.15, -0.1) is 11.3 Å². The molecule has 0 atom stereocenters. The first-order chi connectivity index (χ1) is 11.0. The van der Waals surface area contributed by atoms with E-state index < -0.39 is 10.0 Å². The van der Waals surface area contributed by atoms with E-state index >= 15 is 0 Å². The van der Waals surface area contributed by atoms with Crippen LogP contribution in [0.4, 0.5) is 0 Å². The summed E-state index contributed by atoms with van der Waals surface area (Å²) in [5, 5.41) is 0. The Bertz CT molecular complexity index is 926. The number of oxazole rings is 1. The molecule has 1 aromatic carbocycles. The first-order valence-corrected chi connectivity index (χ1v) is 9.32. The topological polar surface area (TPSA) is 72.2 Å². The molecular weight excluding hydrogens is 332 g/mol. The summed E-state index contributed by atoms with van der Waals surface area (Å²) in [7, 11) is -3.55. The van der Waals surface area contributed by atoms with Crippen LogP contribution in [0, 0.1) is 13.8 Å². The van der Waals surface area contributed by atoms with Crippen LogP contribution in [0.2, 0.25) is 0 Å². The standard InChI is InChI=1S/C16H16N2O3S2/c1-11-5-3-4-6-13(11)9-18-23(19,20)16-8-7-15(22-16)14-10-17-12(2)21-14/h3-8,10,18H,9H2,1-2H3. The first-order valence-electron chi connectivity index (χ1n) is 7.02. The summed E-state index contributed by atoms with van der Waals surface area (Å²) in [5.41, 5.74) is 2.01. The number of nitrogens with zero attached hydrogens (tertiary/aromatic N) is 1. The Labute approximate surface area is 139 Å². The van der Waals surface area contributed by atoms with Crippen LogP contribution in [0.1, 0.15) is 17.0 Å². The highest BCUT2D eigenvalue weighted by atomic mass is 32.2. The zero-order chi connectivity index (χ0) is 16.4. The molecule has 0 radical (unpaired) electrons. The summed E-state index contributed by atoms with van der Waals surface area (Å²) in [6.45, 7) is 3.97. The van der Waals surface area contributed by atoms with Crippen molar-refractivity contribution in [3.8, 4) is 10.6 Å². The molecule has 23 heavy (non-hydrogen) atoms. The number of benzene rings is 1. The van der Waals surface area contributed by atoms with E-state index in [1.165, 1.54) is 0 Å². The third-order valence-electron chi connectivity index (χ3n) is 3.42. The fourth-order valence-corrected chi connectivity index (χ4v) is 4.43. The van der Waals surface area contributed by atoms with Crippen molar-refractivity contribution < 1.29 is 12.8 Å². The van der Waals surface area contributed by atoms with E-state index in [1.54, 1.807) is 25.3 Å². The van der Waals surface area contributed by atoms with Crippen LogP contribution in [-0.4, -0.2) is 13.4 Å². The molecule has 3 rings (SSSR count). The minimum atomic E-state index is -3.55. The van der Waals surface area contributed by atoms with Crippen LogP contribution in [0.5, 0.6) is 0 Å². The predicted octanol–water partition coefficient (Wildman–Crippen LogP) is 3.50. The Kier molecular flexibility index (Phi) is 4.34. The number of aryl methyl sites for hydroxylation is 2. The van der Waals surface area contributed by atoms with Crippen molar-refractivity contribution in [2.45, 2.75) is 24.6 Å². The maximum absolute atomic E-state index is 12.4. The summed E-state index contributed by atoms with van der Waals surface area (Å²) in [5.74, 6) is 1.13. The average molecular weight is 348 g/mol. The van der Waals surface area contributed by atoms with E-state index in [1.807, 2.05) is 31.2 Å². The van der Waals surface area contributed by atoms with E-state index in [0.717, 1.165) is 27.3 Å². The van der Waals surface area contributed by atoms with Gasteiger partial charge in [-0.3, -0.25) is 0 Å². The SMILES string of the molecule is Cc1ncc(-c2ccc(S(=O)(=O)NCc3ccccc3C)s2)o1. The van der Waals surface area contributed by atoms with E-state index in [9.17, 15) is 8.42 Å². The lowest BCUT2D eigenvalue weighted by Gasteiger charge is -2.07. The zero-order valence-electron chi connectivity index (χ0n) is 12.7. The van der Waals surface area contributed by atoms with E-state index in [2.05, 4.69) is 9.71 Å². The third kappa shape index (κ3) is 3.52. The van der Waals surface area contributed by atoms with E-state index in [4.69, 9.17) is 4.42 Å². The normalized spacial score (nSPS) is 11.7. The molecule has 0 aliphatic rings. The summed E-state index contributed by atoms with van der Waals surface area (Å²) in [4.78, 5) is 4.76. The molecule has 7 heteroatoms. The number of hydrogen-bond donors (Lipinski definition) is 1. The summed E-state index contributed by atoms with van der Waals surface area (Å²) in [6, 6.07) is 11.0. The molecule has 0 aliphatic heterocycles. The van der Waals surface area contributed by atoms with Gasteiger partial charge in [-0.1, -0.05) is 24.3 Å². The molecule has 0 bridgehead atoms. The van der Waals surface area contributed by atoms with Gasteiger partial charge in [0.05, 0.1) is 11.1 Å². The second-order valence-electron chi connectivity index (χ2n) is 5.11. The Morgan fingerprint density at radius 2 is 1.96 bits per heavy atom. The zero-order valence-corrected chi connectivity index (χ0v) is 14.4. The molecule has 1 N–H and O–H groups in total. The Hall–Kier alpha value is -1.96. The number of thiophene rings is 1. The molecule has 0 amide bonds. The van der Waals surface area contributed by atoms with E-state index in [0.29, 0.717) is 11.7 Å². The molecule has 0 aliphatic carbocycles. The average Bonchev–Trinajstić information content (AvgIpc) is 3.15. The highest BCUT2D eigenvalue weighted by molar-refractivity contribution is 7.91. The van der Waals surface area contributed by atoms with Crippen molar-refractivity contribution in [2.75, 3.05) is 0 Å². The maximum atomic E-state index is 12.4. The van der Waals surface area contributed by atoms with Gasteiger partial charge in [0.15, 0.2) is 11.7 Å². The smallest absolute Gasteiger partial charge is 0.250 e. The molecule has 0 fully saturated rings. The molecule has 5 nitrogen and oxygen atoms in total. The molecular formula is C16H16N2O3S2. The highest BCUT2D eigenvalue weighted by Crippen LogP contribution is 2.31. The lowest BCUT2D eigenvalue weighted by Crippen LogP contribution is -2.22. The molecule has 0 unspecified atom stereocenters. The van der Waals surface area contributed by atoms with Gasteiger partial charge in [0.1, 0.15) is 4.21 Å². The minimum absolute atomic E-state index is 0.259. The first kappa shape index (κ1) is 15.9. The molecule has 120 valence electrons. The van der Waals surface area contributed by atoms with Crippen LogP contribution in [-0.2, 0) is 16.6 Å². The van der Waals surface area contributed by atoms with Crippen LogP contribution in [0.3, 0.4) is 0 Å². The third-order valence-corrected chi connectivity index (χ3v) is 6.42. The van der Waals surface area contributed by atoms with Crippen molar-refractivity contribution in [3.05, 3.63) is 59.6 Å². The largest absolute Gasteiger partial charge is 0.440 e. The van der Waals surface area contributed by atoms with Gasteiger partial charge >= 0.3 is 0 Å². The lowest BCUT2D eigenvalue weighted by atomic mass is 10.1. The van der Waals surface area contributed by atoms with Crippen LogP contribution < -0.4 is 4.72 Å². The Balaban J connectivity index is 1.78. The number of hydrogen-bond acceptors (Lipinski definition) is 5. The summed E-state index contributed by atoms with van der Waals surface area (Å²) >= 11 is 1.16. The molecule has 0 saturated heterocycles. The van der Waals surface area contributed by atoms with Gasteiger partial charge in [-0.2, -0.15) is 0 Å². The van der Waals surface area contributed by atoms with Gasteiger partial charge in [0.2, 0.25) is 10.0 Å². The lowest BCUT2D eigenvalue weighted by molar-refractivity contribution is 0.535. The summed E-state index contributed by atoms with van der Waals surface area (Å²) < 4.78 is 33.2. The summed E-state index contributed by atoms with van der Waals surface area (Å²) in [6.07, 6.45) is 1.60. The monoisotopic (exact) mass is 348 g/mol. The van der Waals surface area contributed by atoms with Crippen molar-refractivity contribution in [1.82, 2.24) is 9.71 Å². The molecule has 0 spiro atoms. The van der Waals surface area contributed by atoms with Crippen LogP contribution >= 0.6 is 11.3 Å². The van der Waals surface area contributed by atoms with Crippen molar-refractivity contribution in [3.63, 3.8) is 0 Å².